The highest BCUT2D eigenvalue weighted by molar-refractivity contribution is 6.29. The smallest absolute Gasteiger partial charge is 0.255 e. The zero-order valence-electron chi connectivity index (χ0n) is 11.0. The summed E-state index contributed by atoms with van der Waals surface area (Å²) in [5.41, 5.74) is 0.552. The number of rotatable bonds is 6. The van der Waals surface area contributed by atoms with E-state index in [1.807, 2.05) is 0 Å². The predicted molar refractivity (Wildman–Crippen MR) is 71.9 cm³/mol. The number of halogens is 1. The molecule has 1 aromatic heterocycles. The number of ether oxygens (including phenoxy) is 1. The largest absolute Gasteiger partial charge is 0.383 e. The van der Waals surface area contributed by atoms with Gasteiger partial charge in [-0.25, -0.2) is 4.98 Å². The van der Waals surface area contributed by atoms with Crippen LogP contribution in [0.3, 0.4) is 0 Å². The highest BCUT2D eigenvalue weighted by Crippen LogP contribution is 2.10. The summed E-state index contributed by atoms with van der Waals surface area (Å²) in [5, 5.41) is 0.388. The van der Waals surface area contributed by atoms with Crippen LogP contribution in [0.4, 0.5) is 0 Å². The molecule has 0 aliphatic heterocycles. The van der Waals surface area contributed by atoms with E-state index < -0.39 is 0 Å². The first kappa shape index (κ1) is 14.9. The number of hydrogen-bond donors (Lipinski definition) is 0. The van der Waals surface area contributed by atoms with Crippen molar-refractivity contribution in [2.24, 2.45) is 5.92 Å². The number of aromatic nitrogens is 1. The molecule has 0 fully saturated rings. The fourth-order valence-corrected chi connectivity index (χ4v) is 1.71. The molecule has 0 aromatic carbocycles. The van der Waals surface area contributed by atoms with Gasteiger partial charge in [0.05, 0.1) is 12.2 Å². The van der Waals surface area contributed by atoms with Gasteiger partial charge in [-0.1, -0.05) is 25.4 Å². The maximum absolute atomic E-state index is 12.3. The Morgan fingerprint density at radius 3 is 2.72 bits per heavy atom. The molecule has 0 radical (unpaired) electrons. The molecule has 100 valence electrons. The van der Waals surface area contributed by atoms with E-state index >= 15 is 0 Å². The van der Waals surface area contributed by atoms with Gasteiger partial charge in [0.2, 0.25) is 0 Å². The van der Waals surface area contributed by atoms with Gasteiger partial charge >= 0.3 is 0 Å². The van der Waals surface area contributed by atoms with Crippen molar-refractivity contribution in [3.63, 3.8) is 0 Å². The van der Waals surface area contributed by atoms with Gasteiger partial charge in [0.25, 0.3) is 5.91 Å². The monoisotopic (exact) mass is 270 g/mol. The summed E-state index contributed by atoms with van der Waals surface area (Å²) in [5.74, 6) is 0.371. The molecule has 0 unspecified atom stereocenters. The average molecular weight is 271 g/mol. The standard InChI is InChI=1S/C13H19ClN2O2/c1-10(2)9-16(6-7-18-3)13(17)11-4-5-12(14)15-8-11/h4-5,8,10H,6-7,9H2,1-3H3. The Balaban J connectivity index is 2.77. The van der Waals surface area contributed by atoms with Crippen molar-refractivity contribution in [3.8, 4) is 0 Å². The van der Waals surface area contributed by atoms with Gasteiger partial charge in [-0.2, -0.15) is 0 Å². The zero-order chi connectivity index (χ0) is 13.5. The van der Waals surface area contributed by atoms with Crippen molar-refractivity contribution < 1.29 is 9.53 Å². The summed E-state index contributed by atoms with van der Waals surface area (Å²) in [7, 11) is 1.63. The second kappa shape index (κ2) is 7.34. The van der Waals surface area contributed by atoms with E-state index in [1.165, 1.54) is 6.20 Å². The average Bonchev–Trinajstić information content (AvgIpc) is 2.34. The minimum Gasteiger partial charge on any atom is -0.383 e. The summed E-state index contributed by atoms with van der Waals surface area (Å²) in [4.78, 5) is 18.0. The number of carbonyl (C=O) groups is 1. The van der Waals surface area contributed by atoms with Crippen LogP contribution in [0.15, 0.2) is 18.3 Å². The lowest BCUT2D eigenvalue weighted by atomic mass is 10.2. The Morgan fingerprint density at radius 2 is 2.22 bits per heavy atom. The number of nitrogens with zero attached hydrogens (tertiary/aromatic N) is 2. The molecule has 0 atom stereocenters. The first-order valence-electron chi connectivity index (χ1n) is 5.94. The molecule has 0 spiro atoms. The first-order chi connectivity index (χ1) is 8.54. The maximum atomic E-state index is 12.3. The van der Waals surface area contributed by atoms with Gasteiger partial charge < -0.3 is 9.64 Å². The molecule has 0 saturated heterocycles. The molecule has 0 aliphatic carbocycles. The van der Waals surface area contributed by atoms with Crippen LogP contribution in [0.1, 0.15) is 24.2 Å². The molecule has 1 aromatic rings. The molecule has 1 heterocycles. The van der Waals surface area contributed by atoms with Gasteiger partial charge in [0.15, 0.2) is 0 Å². The molecule has 0 aliphatic rings. The zero-order valence-corrected chi connectivity index (χ0v) is 11.8. The minimum absolute atomic E-state index is 0.0371. The fourth-order valence-electron chi connectivity index (χ4n) is 1.60. The SMILES string of the molecule is COCCN(CC(C)C)C(=O)c1ccc(Cl)nc1. The summed E-state index contributed by atoms with van der Waals surface area (Å²) in [6.45, 7) is 5.96. The van der Waals surface area contributed by atoms with Crippen LogP contribution in [0.5, 0.6) is 0 Å². The van der Waals surface area contributed by atoms with Crippen molar-refractivity contribution in [2.75, 3.05) is 26.8 Å². The van der Waals surface area contributed by atoms with Crippen molar-refractivity contribution >= 4 is 17.5 Å². The second-order valence-electron chi connectivity index (χ2n) is 4.51. The third-order valence-electron chi connectivity index (χ3n) is 2.41. The van der Waals surface area contributed by atoms with E-state index in [0.717, 1.165) is 0 Å². The summed E-state index contributed by atoms with van der Waals surface area (Å²) >= 11 is 5.71. The molecule has 4 nitrogen and oxygen atoms in total. The Kier molecular flexibility index (Phi) is 6.09. The normalized spacial score (nSPS) is 10.7. The number of pyridine rings is 1. The molecule has 0 N–H and O–H groups in total. The minimum atomic E-state index is -0.0371. The van der Waals surface area contributed by atoms with Crippen molar-refractivity contribution in [2.45, 2.75) is 13.8 Å². The van der Waals surface area contributed by atoms with Gasteiger partial charge in [-0.05, 0) is 18.1 Å². The third kappa shape index (κ3) is 4.63. The lowest BCUT2D eigenvalue weighted by Gasteiger charge is -2.24. The highest BCUT2D eigenvalue weighted by atomic mass is 35.5. The molecule has 1 rings (SSSR count). The van der Waals surface area contributed by atoms with E-state index in [9.17, 15) is 4.79 Å². The Labute approximate surface area is 113 Å². The van der Waals surface area contributed by atoms with Crippen molar-refractivity contribution in [3.05, 3.63) is 29.0 Å². The van der Waals surface area contributed by atoms with E-state index in [2.05, 4.69) is 18.8 Å². The Morgan fingerprint density at radius 1 is 1.50 bits per heavy atom. The van der Waals surface area contributed by atoms with Crippen LogP contribution in [0, 0.1) is 5.92 Å². The lowest BCUT2D eigenvalue weighted by molar-refractivity contribution is 0.0672. The Bertz CT molecular complexity index is 379. The van der Waals surface area contributed by atoms with Gasteiger partial charge in [-0.3, -0.25) is 4.79 Å². The lowest BCUT2D eigenvalue weighted by Crippen LogP contribution is -2.36. The molecule has 18 heavy (non-hydrogen) atoms. The maximum Gasteiger partial charge on any atom is 0.255 e. The van der Waals surface area contributed by atoms with Crippen molar-refractivity contribution in [1.82, 2.24) is 9.88 Å². The van der Waals surface area contributed by atoms with E-state index in [1.54, 1.807) is 24.1 Å². The van der Waals surface area contributed by atoms with E-state index in [-0.39, 0.29) is 5.91 Å². The molecule has 1 amide bonds. The van der Waals surface area contributed by atoms with E-state index in [0.29, 0.717) is 36.3 Å². The first-order valence-corrected chi connectivity index (χ1v) is 6.32. The van der Waals surface area contributed by atoms with Gasteiger partial charge in [-0.15, -0.1) is 0 Å². The third-order valence-corrected chi connectivity index (χ3v) is 2.64. The number of amides is 1. The molecular formula is C13H19ClN2O2. The number of methoxy groups -OCH3 is 1. The van der Waals surface area contributed by atoms with Gasteiger partial charge in [0.1, 0.15) is 5.15 Å². The van der Waals surface area contributed by atoms with Crippen LogP contribution < -0.4 is 0 Å². The predicted octanol–water partition coefficient (Wildman–Crippen LogP) is 2.48. The fraction of sp³-hybridized carbons (Fsp3) is 0.538. The second-order valence-corrected chi connectivity index (χ2v) is 4.89. The summed E-state index contributed by atoms with van der Waals surface area (Å²) in [6.07, 6.45) is 1.50. The van der Waals surface area contributed by atoms with Crippen LogP contribution in [-0.2, 0) is 4.74 Å². The van der Waals surface area contributed by atoms with Crippen LogP contribution in [-0.4, -0.2) is 42.6 Å². The molecule has 0 bridgehead atoms. The van der Waals surface area contributed by atoms with Crippen LogP contribution in [0.2, 0.25) is 5.15 Å². The van der Waals surface area contributed by atoms with Crippen LogP contribution >= 0.6 is 11.6 Å². The quantitative estimate of drug-likeness (QED) is 0.746. The molecule has 0 saturated carbocycles. The topological polar surface area (TPSA) is 42.4 Å². The van der Waals surface area contributed by atoms with Crippen molar-refractivity contribution in [1.29, 1.82) is 0 Å². The molecular weight excluding hydrogens is 252 g/mol. The van der Waals surface area contributed by atoms with Crippen LogP contribution in [0.25, 0.3) is 0 Å². The summed E-state index contributed by atoms with van der Waals surface area (Å²) < 4.78 is 5.03. The highest BCUT2D eigenvalue weighted by Gasteiger charge is 2.16. The Hall–Kier alpha value is -1.13. The number of hydrogen-bond acceptors (Lipinski definition) is 3. The van der Waals surface area contributed by atoms with E-state index in [4.69, 9.17) is 16.3 Å². The van der Waals surface area contributed by atoms with Gasteiger partial charge in [0, 0.05) is 26.4 Å². The number of carbonyl (C=O) groups excluding carboxylic acids is 1. The summed E-state index contributed by atoms with van der Waals surface area (Å²) in [6, 6.07) is 3.32. The molecule has 5 heteroatoms.